The predicted octanol–water partition coefficient (Wildman–Crippen LogP) is 3.71. The first-order valence-corrected chi connectivity index (χ1v) is 10.4. The molecule has 0 aliphatic carbocycles. The molecule has 0 spiro atoms. The van der Waals surface area contributed by atoms with Crippen LogP contribution in [-0.4, -0.2) is 31.9 Å². The molecule has 1 amide bonds. The van der Waals surface area contributed by atoms with E-state index in [9.17, 15) is 14.9 Å². The van der Waals surface area contributed by atoms with Gasteiger partial charge in [0.1, 0.15) is 17.5 Å². The Balaban J connectivity index is 1.90. The summed E-state index contributed by atoms with van der Waals surface area (Å²) in [5, 5.41) is 10.2. The molecule has 0 unspecified atom stereocenters. The first-order chi connectivity index (χ1) is 14.9. The highest BCUT2D eigenvalue weighted by atomic mass is 16.2. The van der Waals surface area contributed by atoms with Crippen LogP contribution in [0.1, 0.15) is 43.0 Å². The van der Waals surface area contributed by atoms with Gasteiger partial charge in [-0.1, -0.05) is 19.1 Å². The second kappa shape index (κ2) is 9.43. The first-order valence-electron chi connectivity index (χ1n) is 10.4. The van der Waals surface area contributed by atoms with Crippen LogP contribution >= 0.6 is 0 Å². The van der Waals surface area contributed by atoms with E-state index in [1.807, 2.05) is 39.0 Å². The van der Waals surface area contributed by atoms with Gasteiger partial charge >= 0.3 is 0 Å². The number of aromatic nitrogens is 3. The number of hydrogen-bond donors (Lipinski definition) is 1. The number of hydrogen-bond acceptors (Lipinski definition) is 4. The molecule has 1 N–H and O–H groups in total. The summed E-state index contributed by atoms with van der Waals surface area (Å²) in [6.45, 7) is 9.35. The maximum absolute atomic E-state index is 13.1. The third-order valence-corrected chi connectivity index (χ3v) is 5.38. The lowest BCUT2D eigenvalue weighted by Crippen LogP contribution is -2.32. The second-order valence-corrected chi connectivity index (χ2v) is 7.50. The lowest BCUT2D eigenvalue weighted by molar-refractivity contribution is -0.127. The molecule has 7 nitrogen and oxygen atoms in total. The fourth-order valence-corrected chi connectivity index (χ4v) is 3.73. The van der Waals surface area contributed by atoms with E-state index in [2.05, 4.69) is 21.5 Å². The minimum atomic E-state index is -0.388. The van der Waals surface area contributed by atoms with Crippen LogP contribution in [0.4, 0.5) is 0 Å². The highest BCUT2D eigenvalue weighted by Crippen LogP contribution is 2.20. The number of nitriles is 1. The van der Waals surface area contributed by atoms with Crippen molar-refractivity contribution in [2.75, 3.05) is 6.54 Å². The Hall–Kier alpha value is -3.66. The fraction of sp³-hybridized carbons (Fsp3) is 0.333. The Kier molecular flexibility index (Phi) is 6.71. The third-order valence-electron chi connectivity index (χ3n) is 5.38. The zero-order valence-corrected chi connectivity index (χ0v) is 18.4. The molecule has 160 valence electrons. The summed E-state index contributed by atoms with van der Waals surface area (Å²) in [4.78, 5) is 34.2. The second-order valence-electron chi connectivity index (χ2n) is 7.50. The fourth-order valence-electron chi connectivity index (χ4n) is 3.73. The van der Waals surface area contributed by atoms with Crippen LogP contribution in [-0.2, 0) is 17.9 Å². The standard InChI is InChI=1S/C24H27N5O2/c1-5-11-29-16(3)12-18(17(29)4)13-19(14-25)24(31)28(6-2)15-22-26-21-10-8-7-9-20(21)23(30)27-22/h7-10,12-13H,5-6,11,15H2,1-4H3,(H,26,27,30)/b19-13-. The molecule has 0 fully saturated rings. The van der Waals surface area contributed by atoms with Crippen LogP contribution < -0.4 is 5.56 Å². The summed E-state index contributed by atoms with van der Waals surface area (Å²) in [5.74, 6) is -0.00147. The highest BCUT2D eigenvalue weighted by molar-refractivity contribution is 6.01. The number of H-pyrrole nitrogens is 1. The van der Waals surface area contributed by atoms with Gasteiger partial charge < -0.3 is 14.5 Å². The van der Waals surface area contributed by atoms with Gasteiger partial charge in [-0.15, -0.1) is 0 Å². The number of benzene rings is 1. The monoisotopic (exact) mass is 417 g/mol. The summed E-state index contributed by atoms with van der Waals surface area (Å²) in [6, 6.07) is 11.1. The Bertz CT molecular complexity index is 1240. The van der Waals surface area contributed by atoms with Crippen LogP contribution in [0, 0.1) is 25.2 Å². The zero-order valence-electron chi connectivity index (χ0n) is 18.4. The van der Waals surface area contributed by atoms with Gasteiger partial charge in [0, 0.05) is 24.5 Å². The molecule has 0 bridgehead atoms. The number of amides is 1. The molecule has 7 heteroatoms. The van der Waals surface area contributed by atoms with Gasteiger partial charge in [0.15, 0.2) is 0 Å². The molecule has 0 saturated heterocycles. The third kappa shape index (κ3) is 4.58. The number of carbonyl (C=O) groups is 1. The van der Waals surface area contributed by atoms with Crippen LogP contribution in [0.15, 0.2) is 40.7 Å². The molecule has 3 aromatic rings. The van der Waals surface area contributed by atoms with Crippen molar-refractivity contribution in [1.82, 2.24) is 19.4 Å². The molecule has 0 saturated carbocycles. The van der Waals surface area contributed by atoms with E-state index < -0.39 is 0 Å². The number of aromatic amines is 1. The van der Waals surface area contributed by atoms with Crippen molar-refractivity contribution in [3.63, 3.8) is 0 Å². The molecular weight excluding hydrogens is 390 g/mol. The lowest BCUT2D eigenvalue weighted by Gasteiger charge is -2.20. The number of rotatable bonds is 7. The first kappa shape index (κ1) is 22.0. The van der Waals surface area contributed by atoms with E-state index in [-0.39, 0.29) is 23.6 Å². The van der Waals surface area contributed by atoms with E-state index in [1.165, 1.54) is 4.90 Å². The summed E-state index contributed by atoms with van der Waals surface area (Å²) in [6.07, 6.45) is 2.65. The maximum atomic E-state index is 13.1. The average Bonchev–Trinajstić information content (AvgIpc) is 3.03. The van der Waals surface area contributed by atoms with Gasteiger partial charge in [-0.2, -0.15) is 5.26 Å². The predicted molar refractivity (Wildman–Crippen MR) is 121 cm³/mol. The average molecular weight is 418 g/mol. The molecule has 0 atom stereocenters. The molecule has 1 aromatic carbocycles. The van der Waals surface area contributed by atoms with Crippen LogP contribution in [0.5, 0.6) is 0 Å². The highest BCUT2D eigenvalue weighted by Gasteiger charge is 2.20. The number of likely N-dealkylation sites (N-methyl/N-ethyl adjacent to an activating group) is 1. The van der Waals surface area contributed by atoms with Crippen molar-refractivity contribution in [3.05, 3.63) is 69.0 Å². The summed E-state index contributed by atoms with van der Waals surface area (Å²) >= 11 is 0. The van der Waals surface area contributed by atoms with Crippen LogP contribution in [0.3, 0.4) is 0 Å². The van der Waals surface area contributed by atoms with Crippen molar-refractivity contribution in [1.29, 1.82) is 5.26 Å². The van der Waals surface area contributed by atoms with E-state index in [0.717, 1.165) is 29.9 Å². The number of nitrogens with zero attached hydrogens (tertiary/aromatic N) is 4. The van der Waals surface area contributed by atoms with Crippen molar-refractivity contribution < 1.29 is 4.79 Å². The number of carbonyl (C=O) groups excluding carboxylic acids is 1. The molecule has 2 aromatic heterocycles. The smallest absolute Gasteiger partial charge is 0.264 e. The van der Waals surface area contributed by atoms with Crippen LogP contribution in [0.2, 0.25) is 0 Å². The summed E-state index contributed by atoms with van der Waals surface area (Å²) < 4.78 is 2.19. The van der Waals surface area contributed by atoms with Crippen molar-refractivity contribution >= 4 is 22.9 Å². The summed E-state index contributed by atoms with van der Waals surface area (Å²) in [5.41, 5.74) is 3.38. The van der Waals surface area contributed by atoms with Crippen molar-refractivity contribution in [3.8, 4) is 6.07 Å². The molecule has 2 heterocycles. The van der Waals surface area contributed by atoms with E-state index >= 15 is 0 Å². The topological polar surface area (TPSA) is 94.8 Å². The lowest BCUT2D eigenvalue weighted by atomic mass is 10.1. The number of nitrogens with one attached hydrogen (secondary N) is 1. The maximum Gasteiger partial charge on any atom is 0.264 e. The summed E-state index contributed by atoms with van der Waals surface area (Å²) in [7, 11) is 0. The van der Waals surface area contributed by atoms with Gasteiger partial charge in [0.2, 0.25) is 0 Å². The van der Waals surface area contributed by atoms with E-state index in [0.29, 0.717) is 23.3 Å². The van der Waals surface area contributed by atoms with Crippen LogP contribution in [0.25, 0.3) is 17.0 Å². The molecule has 0 aliphatic rings. The molecule has 0 radical (unpaired) electrons. The van der Waals surface area contributed by atoms with E-state index in [1.54, 1.807) is 24.3 Å². The zero-order chi connectivity index (χ0) is 22.5. The number of fused-ring (bicyclic) bond motifs is 1. The Morgan fingerprint density at radius 1 is 1.29 bits per heavy atom. The minimum absolute atomic E-state index is 0.0572. The van der Waals surface area contributed by atoms with Crippen molar-refractivity contribution in [2.24, 2.45) is 0 Å². The van der Waals surface area contributed by atoms with Gasteiger partial charge in [-0.25, -0.2) is 4.98 Å². The molecule has 31 heavy (non-hydrogen) atoms. The van der Waals surface area contributed by atoms with Crippen molar-refractivity contribution in [2.45, 2.75) is 47.2 Å². The number of aryl methyl sites for hydroxylation is 1. The Labute approximate surface area is 181 Å². The van der Waals surface area contributed by atoms with Gasteiger partial charge in [-0.3, -0.25) is 9.59 Å². The SMILES string of the molecule is CCCn1c(C)cc(/C=C(/C#N)C(=O)N(CC)Cc2nc3ccccc3c(=O)[nH]2)c1C. The largest absolute Gasteiger partial charge is 0.349 e. The molecule has 0 aliphatic heterocycles. The molecule has 3 rings (SSSR count). The van der Waals surface area contributed by atoms with Gasteiger partial charge in [0.05, 0.1) is 17.4 Å². The molecular formula is C24H27N5O2. The minimum Gasteiger partial charge on any atom is -0.349 e. The normalized spacial score (nSPS) is 11.5. The Morgan fingerprint density at radius 2 is 2.03 bits per heavy atom. The van der Waals surface area contributed by atoms with Gasteiger partial charge in [-0.05, 0) is 57.0 Å². The Morgan fingerprint density at radius 3 is 2.71 bits per heavy atom. The number of para-hydroxylation sites is 1. The van der Waals surface area contributed by atoms with E-state index in [4.69, 9.17) is 0 Å². The quantitative estimate of drug-likeness (QED) is 0.468. The van der Waals surface area contributed by atoms with Gasteiger partial charge in [0.25, 0.3) is 11.5 Å².